The minimum absolute atomic E-state index is 0.0170. The average molecular weight is 510 g/mol. The maximum Gasteiger partial charge on any atom is 0.354 e. The first-order valence-electron chi connectivity index (χ1n) is 11.6. The highest BCUT2D eigenvalue weighted by Crippen LogP contribution is 2.33. The predicted molar refractivity (Wildman–Crippen MR) is 138 cm³/mol. The molecule has 4 aromatic rings. The molecule has 186 valence electrons. The quantitative estimate of drug-likeness (QED) is 0.358. The van der Waals surface area contributed by atoms with Crippen LogP contribution < -0.4 is 10.2 Å². The molecule has 8 nitrogen and oxygen atoms in total. The van der Waals surface area contributed by atoms with Crippen molar-refractivity contribution in [2.75, 3.05) is 43.1 Å². The average Bonchev–Trinajstić information content (AvgIpc) is 3.22. The summed E-state index contributed by atoms with van der Waals surface area (Å²) in [7, 11) is 1.85. The van der Waals surface area contributed by atoms with Gasteiger partial charge in [0.25, 0.3) is 0 Å². The van der Waals surface area contributed by atoms with Crippen LogP contribution >= 0.6 is 11.6 Å². The van der Waals surface area contributed by atoms with Gasteiger partial charge in [0.2, 0.25) is 5.95 Å². The minimum Gasteiger partial charge on any atom is -0.461 e. The molecule has 0 atom stereocenters. The van der Waals surface area contributed by atoms with E-state index in [1.54, 1.807) is 19.2 Å². The van der Waals surface area contributed by atoms with Gasteiger partial charge in [0.05, 0.1) is 24.8 Å². The standard InChI is InChI=1S/C26H25ClFN5O3/c1-3-36-25(34)23-13-17-12-16(4-7-22(17)32(23)2)19-15-29-26(30-18-5-6-21(28)20(27)14-18)31-24(19)33-8-10-35-11-9-33/h4-7,12-15H,3,8-11H2,1-2H3,(H,29,30,31). The van der Waals surface area contributed by atoms with E-state index in [9.17, 15) is 9.18 Å². The summed E-state index contributed by atoms with van der Waals surface area (Å²) in [6.07, 6.45) is 1.77. The van der Waals surface area contributed by atoms with Crippen molar-refractivity contribution in [2.24, 2.45) is 7.05 Å². The molecule has 1 fully saturated rings. The number of fused-ring (bicyclic) bond motifs is 1. The Morgan fingerprint density at radius 2 is 2.00 bits per heavy atom. The maximum absolute atomic E-state index is 13.6. The van der Waals surface area contributed by atoms with E-state index >= 15 is 0 Å². The zero-order valence-electron chi connectivity index (χ0n) is 19.9. The fourth-order valence-electron chi connectivity index (χ4n) is 4.27. The van der Waals surface area contributed by atoms with Gasteiger partial charge in [0.1, 0.15) is 17.3 Å². The van der Waals surface area contributed by atoms with Crippen molar-refractivity contribution in [3.63, 3.8) is 0 Å². The molecule has 2 aromatic carbocycles. The van der Waals surface area contributed by atoms with Crippen molar-refractivity contribution in [1.82, 2.24) is 14.5 Å². The lowest BCUT2D eigenvalue weighted by Crippen LogP contribution is -2.37. The first kappa shape index (κ1) is 24.0. The number of aromatic nitrogens is 3. The molecule has 5 rings (SSSR count). The Morgan fingerprint density at radius 3 is 2.75 bits per heavy atom. The van der Waals surface area contributed by atoms with Crippen molar-refractivity contribution in [3.05, 3.63) is 65.2 Å². The molecular weight excluding hydrogens is 485 g/mol. The van der Waals surface area contributed by atoms with E-state index in [0.29, 0.717) is 50.2 Å². The lowest BCUT2D eigenvalue weighted by Gasteiger charge is -2.29. The zero-order chi connectivity index (χ0) is 25.2. The molecule has 36 heavy (non-hydrogen) atoms. The van der Waals surface area contributed by atoms with Crippen LogP contribution in [-0.2, 0) is 16.5 Å². The number of ether oxygens (including phenoxy) is 2. The SMILES string of the molecule is CCOC(=O)c1cc2cc(-c3cnc(Nc4ccc(F)c(Cl)c4)nc3N3CCOCC3)ccc2n1C. The highest BCUT2D eigenvalue weighted by atomic mass is 35.5. The number of anilines is 3. The van der Waals surface area contributed by atoms with Gasteiger partial charge in [-0.25, -0.2) is 14.2 Å². The van der Waals surface area contributed by atoms with Crippen LogP contribution in [0.1, 0.15) is 17.4 Å². The Balaban J connectivity index is 1.54. The molecule has 2 aromatic heterocycles. The van der Waals surface area contributed by atoms with Gasteiger partial charge < -0.3 is 24.3 Å². The Labute approximate surface area is 212 Å². The zero-order valence-corrected chi connectivity index (χ0v) is 20.7. The van der Waals surface area contributed by atoms with Crippen LogP contribution in [0.25, 0.3) is 22.0 Å². The van der Waals surface area contributed by atoms with E-state index in [1.807, 2.05) is 35.9 Å². The summed E-state index contributed by atoms with van der Waals surface area (Å²) in [5, 5.41) is 4.04. The Bertz CT molecular complexity index is 1430. The second-order valence-electron chi connectivity index (χ2n) is 8.37. The minimum atomic E-state index is -0.491. The van der Waals surface area contributed by atoms with Crippen molar-refractivity contribution in [3.8, 4) is 11.1 Å². The van der Waals surface area contributed by atoms with Crippen molar-refractivity contribution in [2.45, 2.75) is 6.92 Å². The second kappa shape index (κ2) is 10.1. The molecule has 3 heterocycles. The fraction of sp³-hybridized carbons (Fsp3) is 0.269. The lowest BCUT2D eigenvalue weighted by atomic mass is 10.1. The van der Waals surface area contributed by atoms with Gasteiger partial charge in [0, 0.05) is 48.5 Å². The number of hydrogen-bond acceptors (Lipinski definition) is 7. The molecule has 1 aliphatic heterocycles. The van der Waals surface area contributed by atoms with Crippen LogP contribution in [0.4, 0.5) is 21.8 Å². The number of morpholine rings is 1. The first-order valence-corrected chi connectivity index (χ1v) is 12.0. The molecule has 0 radical (unpaired) electrons. The van der Waals surface area contributed by atoms with Crippen LogP contribution in [0.3, 0.4) is 0 Å². The van der Waals surface area contributed by atoms with Crippen LogP contribution in [0.15, 0.2) is 48.7 Å². The molecule has 1 N–H and O–H groups in total. The highest BCUT2D eigenvalue weighted by molar-refractivity contribution is 6.31. The van der Waals surface area contributed by atoms with Gasteiger partial charge in [-0.3, -0.25) is 0 Å². The number of esters is 1. The topological polar surface area (TPSA) is 81.5 Å². The van der Waals surface area contributed by atoms with Gasteiger partial charge in [-0.05, 0) is 48.9 Å². The number of nitrogens with one attached hydrogen (secondary N) is 1. The molecule has 0 bridgehead atoms. The highest BCUT2D eigenvalue weighted by Gasteiger charge is 2.21. The second-order valence-corrected chi connectivity index (χ2v) is 8.77. The van der Waals surface area contributed by atoms with Gasteiger partial charge in [-0.2, -0.15) is 4.98 Å². The Kier molecular flexibility index (Phi) is 6.75. The third-order valence-electron chi connectivity index (χ3n) is 6.09. The molecule has 10 heteroatoms. The molecule has 1 saturated heterocycles. The first-order chi connectivity index (χ1) is 17.4. The van der Waals surface area contributed by atoms with Crippen LogP contribution in [0.5, 0.6) is 0 Å². The van der Waals surface area contributed by atoms with E-state index in [0.717, 1.165) is 27.8 Å². The summed E-state index contributed by atoms with van der Waals surface area (Å²) in [6.45, 7) is 4.67. The van der Waals surface area contributed by atoms with E-state index in [1.165, 1.54) is 12.1 Å². The number of benzene rings is 2. The van der Waals surface area contributed by atoms with Crippen molar-refractivity contribution in [1.29, 1.82) is 0 Å². The van der Waals surface area contributed by atoms with Crippen molar-refractivity contribution >= 4 is 45.9 Å². The number of carbonyl (C=O) groups is 1. The van der Waals surface area contributed by atoms with E-state index < -0.39 is 5.82 Å². The molecule has 0 amide bonds. The summed E-state index contributed by atoms with van der Waals surface area (Å²) < 4.78 is 26.1. The molecule has 1 aliphatic rings. The van der Waals surface area contributed by atoms with E-state index in [2.05, 4.69) is 15.2 Å². The normalized spacial score (nSPS) is 13.7. The number of nitrogens with zero attached hydrogens (tertiary/aromatic N) is 4. The van der Waals surface area contributed by atoms with Crippen molar-refractivity contribution < 1.29 is 18.7 Å². The monoisotopic (exact) mass is 509 g/mol. The molecule has 0 unspecified atom stereocenters. The predicted octanol–water partition coefficient (Wildman–Crippen LogP) is 5.18. The third-order valence-corrected chi connectivity index (χ3v) is 6.38. The van der Waals surface area contributed by atoms with Gasteiger partial charge in [-0.15, -0.1) is 0 Å². The fourth-order valence-corrected chi connectivity index (χ4v) is 4.45. The maximum atomic E-state index is 13.6. The van der Waals surface area contributed by atoms with Gasteiger partial charge >= 0.3 is 5.97 Å². The Hall–Kier alpha value is -3.69. The molecule has 0 aliphatic carbocycles. The van der Waals surface area contributed by atoms with Gasteiger partial charge in [0.15, 0.2) is 0 Å². The summed E-state index contributed by atoms with van der Waals surface area (Å²) in [5.74, 6) is 0.277. The molecule has 0 spiro atoms. The molecule has 0 saturated carbocycles. The number of hydrogen-bond donors (Lipinski definition) is 1. The number of carbonyl (C=O) groups excluding carboxylic acids is 1. The van der Waals surface area contributed by atoms with E-state index in [4.69, 9.17) is 26.1 Å². The lowest BCUT2D eigenvalue weighted by molar-refractivity contribution is 0.0516. The smallest absolute Gasteiger partial charge is 0.354 e. The third kappa shape index (κ3) is 4.72. The number of rotatable bonds is 6. The van der Waals surface area contributed by atoms with E-state index in [-0.39, 0.29) is 11.0 Å². The largest absolute Gasteiger partial charge is 0.461 e. The van der Waals surface area contributed by atoms with Gasteiger partial charge in [-0.1, -0.05) is 17.7 Å². The molecular formula is C26H25ClFN5O3. The summed E-state index contributed by atoms with van der Waals surface area (Å²) in [6, 6.07) is 12.2. The Morgan fingerprint density at radius 1 is 1.19 bits per heavy atom. The summed E-state index contributed by atoms with van der Waals surface area (Å²) in [4.78, 5) is 23.8. The summed E-state index contributed by atoms with van der Waals surface area (Å²) >= 11 is 5.93. The van der Waals surface area contributed by atoms with Crippen LogP contribution in [-0.4, -0.2) is 53.4 Å². The number of aryl methyl sites for hydroxylation is 1. The summed E-state index contributed by atoms with van der Waals surface area (Å²) in [5.41, 5.74) is 3.76. The number of halogens is 2. The van der Waals surface area contributed by atoms with Crippen LogP contribution in [0.2, 0.25) is 5.02 Å². The van der Waals surface area contributed by atoms with Crippen LogP contribution in [0, 0.1) is 5.82 Å².